The molecule has 0 aliphatic rings. The summed E-state index contributed by atoms with van der Waals surface area (Å²) >= 11 is 12.7. The zero-order valence-electron chi connectivity index (χ0n) is 25.7. The number of carbonyl (C=O) groups excluding carboxylic acids is 2. The molecule has 0 bridgehead atoms. The molecule has 236 valence electrons. The minimum absolute atomic E-state index is 0.0508. The highest BCUT2D eigenvalue weighted by molar-refractivity contribution is 7.92. The number of halogens is 2. The van der Waals surface area contributed by atoms with Crippen LogP contribution < -0.4 is 9.62 Å². The van der Waals surface area contributed by atoms with Crippen LogP contribution in [0.3, 0.4) is 0 Å². The van der Waals surface area contributed by atoms with Gasteiger partial charge >= 0.3 is 0 Å². The van der Waals surface area contributed by atoms with Crippen LogP contribution in [-0.4, -0.2) is 43.8 Å². The van der Waals surface area contributed by atoms with E-state index in [-0.39, 0.29) is 29.8 Å². The molecule has 0 aliphatic carbocycles. The highest BCUT2D eigenvalue weighted by Gasteiger charge is 2.35. The Bertz CT molecular complexity index is 1750. The molecule has 0 aliphatic heterocycles. The number of rotatable bonds is 12. The van der Waals surface area contributed by atoms with E-state index in [0.717, 1.165) is 15.4 Å². The number of nitrogens with one attached hydrogen (secondary N) is 1. The Balaban J connectivity index is 1.83. The fourth-order valence-electron chi connectivity index (χ4n) is 4.96. The smallest absolute Gasteiger partial charge is 0.264 e. The number of benzene rings is 4. The molecule has 7 nitrogen and oxygen atoms in total. The lowest BCUT2D eigenvalue weighted by molar-refractivity contribution is -0.140. The molecule has 1 atom stereocenters. The van der Waals surface area contributed by atoms with E-state index in [4.69, 9.17) is 23.2 Å². The van der Waals surface area contributed by atoms with E-state index >= 15 is 0 Å². The lowest BCUT2D eigenvalue weighted by Crippen LogP contribution is -2.54. The van der Waals surface area contributed by atoms with Gasteiger partial charge < -0.3 is 10.2 Å². The SMILES string of the molecule is Cc1ccc(S(=O)(=O)N(CC(=O)N(Cc2ccc(Cl)cc2Cl)C(Cc2ccccc2)C(=O)NC(C)C)c2ccccc2C)cc1. The van der Waals surface area contributed by atoms with Crippen molar-refractivity contribution in [1.29, 1.82) is 0 Å². The van der Waals surface area contributed by atoms with Crippen molar-refractivity contribution in [2.75, 3.05) is 10.8 Å². The summed E-state index contributed by atoms with van der Waals surface area (Å²) in [6, 6.07) is 26.6. The van der Waals surface area contributed by atoms with Crippen molar-refractivity contribution in [2.24, 2.45) is 0 Å². The van der Waals surface area contributed by atoms with Gasteiger partial charge in [0.25, 0.3) is 10.0 Å². The summed E-state index contributed by atoms with van der Waals surface area (Å²) in [6.07, 6.45) is 0.200. The molecule has 2 amide bonds. The Kier molecular flexibility index (Phi) is 11.3. The van der Waals surface area contributed by atoms with Crippen molar-refractivity contribution < 1.29 is 18.0 Å². The van der Waals surface area contributed by atoms with Gasteiger partial charge in [-0.25, -0.2) is 8.42 Å². The van der Waals surface area contributed by atoms with Crippen LogP contribution in [0.2, 0.25) is 10.0 Å². The van der Waals surface area contributed by atoms with Gasteiger partial charge in [0, 0.05) is 29.1 Å². The molecule has 0 saturated heterocycles. The molecule has 45 heavy (non-hydrogen) atoms. The van der Waals surface area contributed by atoms with E-state index in [0.29, 0.717) is 26.9 Å². The third kappa shape index (κ3) is 8.66. The number of hydrogen-bond donors (Lipinski definition) is 1. The monoisotopic (exact) mass is 665 g/mol. The second-order valence-electron chi connectivity index (χ2n) is 11.2. The van der Waals surface area contributed by atoms with Crippen LogP contribution in [0.5, 0.6) is 0 Å². The lowest BCUT2D eigenvalue weighted by Gasteiger charge is -2.34. The molecule has 0 spiro atoms. The van der Waals surface area contributed by atoms with Crippen LogP contribution in [0, 0.1) is 13.8 Å². The molecule has 4 aromatic carbocycles. The minimum Gasteiger partial charge on any atom is -0.352 e. The van der Waals surface area contributed by atoms with E-state index in [2.05, 4.69) is 5.32 Å². The number of nitrogens with zero attached hydrogens (tertiary/aromatic N) is 2. The molecule has 4 rings (SSSR count). The predicted molar refractivity (Wildman–Crippen MR) is 181 cm³/mol. The van der Waals surface area contributed by atoms with Crippen LogP contribution in [0.1, 0.15) is 36.1 Å². The van der Waals surface area contributed by atoms with Crippen molar-refractivity contribution in [3.8, 4) is 0 Å². The lowest BCUT2D eigenvalue weighted by atomic mass is 10.0. The second kappa shape index (κ2) is 15.0. The molecule has 0 fully saturated rings. The first-order valence-electron chi connectivity index (χ1n) is 14.6. The van der Waals surface area contributed by atoms with Crippen LogP contribution in [0.25, 0.3) is 0 Å². The fourth-order valence-corrected chi connectivity index (χ4v) is 6.91. The quantitative estimate of drug-likeness (QED) is 0.177. The molecule has 0 aromatic heterocycles. The predicted octanol–water partition coefficient (Wildman–Crippen LogP) is 6.97. The summed E-state index contributed by atoms with van der Waals surface area (Å²) in [5.41, 5.74) is 3.34. The van der Waals surface area contributed by atoms with Crippen molar-refractivity contribution in [3.63, 3.8) is 0 Å². The number of carbonyl (C=O) groups is 2. The fraction of sp³-hybridized carbons (Fsp3) is 0.257. The Hall–Kier alpha value is -3.85. The molecule has 10 heteroatoms. The van der Waals surface area contributed by atoms with E-state index in [1.165, 1.54) is 17.0 Å². The topological polar surface area (TPSA) is 86.8 Å². The Labute approximate surface area is 275 Å². The zero-order chi connectivity index (χ0) is 32.7. The number of para-hydroxylation sites is 1. The van der Waals surface area contributed by atoms with Gasteiger partial charge in [0.05, 0.1) is 10.6 Å². The molecule has 4 aromatic rings. The van der Waals surface area contributed by atoms with E-state index in [1.807, 2.05) is 51.1 Å². The van der Waals surface area contributed by atoms with Crippen LogP contribution in [0.4, 0.5) is 5.69 Å². The molecule has 0 heterocycles. The van der Waals surface area contributed by atoms with Gasteiger partial charge in [-0.05, 0) is 74.7 Å². The van der Waals surface area contributed by atoms with Crippen LogP contribution >= 0.6 is 23.2 Å². The summed E-state index contributed by atoms with van der Waals surface area (Å²) in [4.78, 5) is 29.8. The largest absolute Gasteiger partial charge is 0.352 e. The minimum atomic E-state index is -4.19. The molecule has 1 N–H and O–H groups in total. The first kappa shape index (κ1) is 34.0. The maximum atomic E-state index is 14.5. The second-order valence-corrected chi connectivity index (χ2v) is 13.9. The number of hydrogen-bond acceptors (Lipinski definition) is 4. The molecule has 0 saturated carbocycles. The average Bonchev–Trinajstić information content (AvgIpc) is 2.99. The standard InChI is InChI=1S/C35H37Cl2N3O4S/c1-24(2)38-35(42)33(20-27-11-6-5-7-12-27)39(22-28-16-17-29(36)21-31(28)37)34(41)23-40(32-13-9-8-10-26(32)4)45(43,44)30-18-14-25(3)15-19-30/h5-19,21,24,33H,20,22-23H2,1-4H3,(H,38,42). The van der Waals surface area contributed by atoms with Gasteiger partial charge in [0.2, 0.25) is 11.8 Å². The normalized spacial score (nSPS) is 12.1. The van der Waals surface area contributed by atoms with Crippen molar-refractivity contribution >= 4 is 50.7 Å². The van der Waals surface area contributed by atoms with E-state index in [9.17, 15) is 18.0 Å². The number of amides is 2. The molecule has 0 radical (unpaired) electrons. The van der Waals surface area contributed by atoms with Gasteiger partial charge in [-0.2, -0.15) is 0 Å². The molecule has 1 unspecified atom stereocenters. The summed E-state index contributed by atoms with van der Waals surface area (Å²) < 4.78 is 29.5. The van der Waals surface area contributed by atoms with Gasteiger partial charge in [0.1, 0.15) is 12.6 Å². The van der Waals surface area contributed by atoms with E-state index < -0.39 is 28.5 Å². The summed E-state index contributed by atoms with van der Waals surface area (Å²) in [5.74, 6) is -0.934. The Morgan fingerprint density at radius 1 is 0.844 bits per heavy atom. The summed E-state index contributed by atoms with van der Waals surface area (Å²) in [5, 5.41) is 3.70. The highest BCUT2D eigenvalue weighted by atomic mass is 35.5. The van der Waals surface area contributed by atoms with Gasteiger partial charge in [0.15, 0.2) is 0 Å². The van der Waals surface area contributed by atoms with Gasteiger partial charge in [-0.3, -0.25) is 13.9 Å². The van der Waals surface area contributed by atoms with Crippen molar-refractivity contribution in [1.82, 2.24) is 10.2 Å². The maximum absolute atomic E-state index is 14.5. The number of aryl methyl sites for hydroxylation is 2. The number of anilines is 1. The van der Waals surface area contributed by atoms with Crippen LogP contribution in [0.15, 0.2) is 102 Å². The zero-order valence-corrected chi connectivity index (χ0v) is 28.0. The van der Waals surface area contributed by atoms with Crippen molar-refractivity contribution in [3.05, 3.63) is 129 Å². The van der Waals surface area contributed by atoms with Crippen molar-refractivity contribution in [2.45, 2.75) is 57.6 Å². The van der Waals surface area contributed by atoms with Crippen LogP contribution in [-0.2, 0) is 32.6 Å². The highest BCUT2D eigenvalue weighted by Crippen LogP contribution is 2.29. The third-order valence-electron chi connectivity index (χ3n) is 7.33. The molecular weight excluding hydrogens is 629 g/mol. The summed E-state index contributed by atoms with van der Waals surface area (Å²) in [7, 11) is -4.19. The third-order valence-corrected chi connectivity index (χ3v) is 9.69. The van der Waals surface area contributed by atoms with Gasteiger partial charge in [-0.1, -0.05) is 95.5 Å². The maximum Gasteiger partial charge on any atom is 0.264 e. The first-order valence-corrected chi connectivity index (χ1v) is 16.8. The Morgan fingerprint density at radius 3 is 2.11 bits per heavy atom. The first-order chi connectivity index (χ1) is 21.4. The Morgan fingerprint density at radius 2 is 1.49 bits per heavy atom. The van der Waals surface area contributed by atoms with Gasteiger partial charge in [-0.15, -0.1) is 0 Å². The number of sulfonamides is 1. The molecular formula is C35H37Cl2N3O4S. The average molecular weight is 667 g/mol. The van der Waals surface area contributed by atoms with E-state index in [1.54, 1.807) is 61.5 Å². The summed E-state index contributed by atoms with van der Waals surface area (Å²) in [6.45, 7) is 6.74.